The summed E-state index contributed by atoms with van der Waals surface area (Å²) >= 11 is 0. The van der Waals surface area contributed by atoms with E-state index in [-0.39, 0.29) is 0 Å². The van der Waals surface area contributed by atoms with Crippen molar-refractivity contribution >= 4 is 18.2 Å². The second-order valence-electron chi connectivity index (χ2n) is 1.88. The molecule has 0 bridgehead atoms. The highest BCUT2D eigenvalue weighted by Gasteiger charge is 2.03. The number of amides is 2. The lowest BCUT2D eigenvalue weighted by Crippen LogP contribution is -2.22. The van der Waals surface area contributed by atoms with E-state index in [0.717, 1.165) is 0 Å². The molecule has 0 radical (unpaired) electrons. The summed E-state index contributed by atoms with van der Waals surface area (Å²) in [5, 5.41) is 0. The van der Waals surface area contributed by atoms with Gasteiger partial charge in [0.2, 0.25) is 0 Å². The lowest BCUT2D eigenvalue weighted by atomic mass is 10.6. The normalized spacial score (nSPS) is 9.80. The summed E-state index contributed by atoms with van der Waals surface area (Å²) in [6, 6.07) is 0. The summed E-state index contributed by atoms with van der Waals surface area (Å²) < 4.78 is 0. The Morgan fingerprint density at radius 2 is 2.00 bits per heavy atom. The average Bonchev–Trinajstić information content (AvgIpc) is 1.82. The van der Waals surface area contributed by atoms with E-state index in [2.05, 4.69) is 10.7 Å². The van der Waals surface area contributed by atoms with Gasteiger partial charge in [0.25, 0.3) is 0 Å². The van der Waals surface area contributed by atoms with Gasteiger partial charge in [-0.05, 0) is 0 Å². The van der Waals surface area contributed by atoms with Gasteiger partial charge in [0, 0.05) is 14.1 Å². The molecule has 0 aliphatic carbocycles. The number of hydrogen-bond acceptors (Lipinski definition) is 2. The molecule has 0 unspecified atom stereocenters. The largest absolute Gasteiger partial charge is 0.369 e. The van der Waals surface area contributed by atoms with Crippen LogP contribution in [0.3, 0.4) is 0 Å². The van der Waals surface area contributed by atoms with Gasteiger partial charge in [0.1, 0.15) is 0 Å². The smallest absolute Gasteiger partial charge is 0.336 e. The monoisotopic (exact) mass is 143 g/mol. The fourth-order valence-electron chi connectivity index (χ4n) is 0.232. The van der Waals surface area contributed by atoms with Gasteiger partial charge in [-0.2, -0.15) is 4.99 Å². The standard InChI is InChI=1S/C5H9N3O2/c1-8(2)3-7-5(10)4(6)9/h3H,1-2H3,(H2,6,9). The first-order chi connectivity index (χ1) is 4.54. The summed E-state index contributed by atoms with van der Waals surface area (Å²) in [6.45, 7) is 0. The maximum Gasteiger partial charge on any atom is 0.336 e. The van der Waals surface area contributed by atoms with E-state index in [1.807, 2.05) is 0 Å². The van der Waals surface area contributed by atoms with Crippen LogP contribution in [0.1, 0.15) is 0 Å². The molecule has 0 aliphatic rings. The highest BCUT2D eigenvalue weighted by atomic mass is 16.2. The van der Waals surface area contributed by atoms with Crippen molar-refractivity contribution in [3.05, 3.63) is 0 Å². The van der Waals surface area contributed by atoms with Gasteiger partial charge in [0.05, 0.1) is 6.34 Å². The molecule has 5 heteroatoms. The highest BCUT2D eigenvalue weighted by molar-refractivity contribution is 6.35. The molecule has 0 aromatic heterocycles. The van der Waals surface area contributed by atoms with E-state index >= 15 is 0 Å². The van der Waals surface area contributed by atoms with Crippen LogP contribution in [0, 0.1) is 0 Å². The Labute approximate surface area is 58.5 Å². The summed E-state index contributed by atoms with van der Waals surface area (Å²) in [6.07, 6.45) is 1.22. The maximum atomic E-state index is 10.3. The van der Waals surface area contributed by atoms with Gasteiger partial charge in [-0.1, -0.05) is 0 Å². The van der Waals surface area contributed by atoms with Gasteiger partial charge in [-0.3, -0.25) is 9.59 Å². The minimum absolute atomic E-state index is 0.936. The number of primary amides is 1. The Morgan fingerprint density at radius 3 is 2.30 bits per heavy atom. The SMILES string of the molecule is CN(C)C=NC(=O)C(N)=O. The molecule has 0 atom stereocenters. The Bertz CT molecular complexity index is 174. The van der Waals surface area contributed by atoms with Crippen molar-refractivity contribution in [3.63, 3.8) is 0 Å². The van der Waals surface area contributed by atoms with E-state index in [9.17, 15) is 9.59 Å². The lowest BCUT2D eigenvalue weighted by molar-refractivity contribution is -0.135. The minimum atomic E-state index is -1.04. The zero-order valence-electron chi connectivity index (χ0n) is 5.87. The zero-order valence-corrected chi connectivity index (χ0v) is 5.87. The predicted molar refractivity (Wildman–Crippen MR) is 36.4 cm³/mol. The first kappa shape index (κ1) is 8.61. The second kappa shape index (κ2) is 3.60. The molecule has 0 heterocycles. The molecule has 2 amide bonds. The van der Waals surface area contributed by atoms with Gasteiger partial charge in [0.15, 0.2) is 0 Å². The average molecular weight is 143 g/mol. The van der Waals surface area contributed by atoms with E-state index in [0.29, 0.717) is 0 Å². The molecule has 0 saturated carbocycles. The van der Waals surface area contributed by atoms with Crippen molar-refractivity contribution < 1.29 is 9.59 Å². The first-order valence-electron chi connectivity index (χ1n) is 2.58. The van der Waals surface area contributed by atoms with Crippen LogP contribution >= 0.6 is 0 Å². The maximum absolute atomic E-state index is 10.3. The van der Waals surface area contributed by atoms with Crippen LogP contribution in [0.2, 0.25) is 0 Å². The Balaban J connectivity index is 3.91. The molecule has 0 fully saturated rings. The Kier molecular flexibility index (Phi) is 3.10. The third kappa shape index (κ3) is 3.59. The van der Waals surface area contributed by atoms with E-state index in [4.69, 9.17) is 0 Å². The van der Waals surface area contributed by atoms with Crippen LogP contribution in [0.4, 0.5) is 0 Å². The van der Waals surface area contributed by atoms with Crippen LogP contribution in [0.25, 0.3) is 0 Å². The molecule has 0 aromatic rings. The highest BCUT2D eigenvalue weighted by Crippen LogP contribution is 1.72. The van der Waals surface area contributed by atoms with Gasteiger partial charge in [-0.25, -0.2) is 0 Å². The first-order valence-corrected chi connectivity index (χ1v) is 2.58. The second-order valence-corrected chi connectivity index (χ2v) is 1.88. The van der Waals surface area contributed by atoms with Gasteiger partial charge >= 0.3 is 11.8 Å². The molecule has 0 aliphatic heterocycles. The molecule has 0 spiro atoms. The van der Waals surface area contributed by atoms with Crippen LogP contribution in [0.15, 0.2) is 4.99 Å². The number of hydrogen-bond donors (Lipinski definition) is 1. The van der Waals surface area contributed by atoms with Crippen molar-refractivity contribution in [1.29, 1.82) is 0 Å². The number of carbonyl (C=O) groups excluding carboxylic acids is 2. The Morgan fingerprint density at radius 1 is 1.50 bits per heavy atom. The molecule has 56 valence electrons. The molecule has 5 nitrogen and oxygen atoms in total. The zero-order chi connectivity index (χ0) is 8.15. The van der Waals surface area contributed by atoms with Gasteiger partial charge < -0.3 is 10.6 Å². The van der Waals surface area contributed by atoms with E-state index in [1.54, 1.807) is 14.1 Å². The minimum Gasteiger partial charge on any atom is -0.369 e. The topological polar surface area (TPSA) is 75.8 Å². The number of rotatable bonds is 1. The summed E-state index contributed by atoms with van der Waals surface area (Å²) in [4.78, 5) is 25.1. The lowest BCUT2D eigenvalue weighted by Gasteiger charge is -1.99. The van der Waals surface area contributed by atoms with Crippen LogP contribution in [-0.2, 0) is 9.59 Å². The number of nitrogens with zero attached hydrogens (tertiary/aromatic N) is 2. The molecular weight excluding hydrogens is 134 g/mol. The van der Waals surface area contributed by atoms with Crippen molar-refractivity contribution in [3.8, 4) is 0 Å². The van der Waals surface area contributed by atoms with Gasteiger partial charge in [-0.15, -0.1) is 0 Å². The molecule has 10 heavy (non-hydrogen) atoms. The quantitative estimate of drug-likeness (QED) is 0.278. The molecular formula is C5H9N3O2. The molecule has 0 saturated heterocycles. The fourth-order valence-corrected chi connectivity index (χ4v) is 0.232. The van der Waals surface area contributed by atoms with E-state index in [1.165, 1.54) is 11.2 Å². The number of aliphatic imine (C=N–C) groups is 1. The summed E-state index contributed by atoms with van der Waals surface area (Å²) in [5.41, 5.74) is 4.60. The third-order valence-corrected chi connectivity index (χ3v) is 0.617. The molecule has 0 aromatic carbocycles. The van der Waals surface area contributed by atoms with Crippen molar-refractivity contribution in [2.75, 3.05) is 14.1 Å². The van der Waals surface area contributed by atoms with Crippen LogP contribution < -0.4 is 5.73 Å². The van der Waals surface area contributed by atoms with E-state index < -0.39 is 11.8 Å². The van der Waals surface area contributed by atoms with Crippen molar-refractivity contribution in [1.82, 2.24) is 4.90 Å². The summed E-state index contributed by atoms with van der Waals surface area (Å²) in [7, 11) is 3.36. The number of carbonyl (C=O) groups is 2. The van der Waals surface area contributed by atoms with Crippen molar-refractivity contribution in [2.45, 2.75) is 0 Å². The van der Waals surface area contributed by atoms with Crippen LogP contribution in [0.5, 0.6) is 0 Å². The third-order valence-electron chi connectivity index (χ3n) is 0.617. The van der Waals surface area contributed by atoms with Crippen LogP contribution in [-0.4, -0.2) is 37.1 Å². The molecule has 2 N–H and O–H groups in total. The Hall–Kier alpha value is -1.39. The predicted octanol–water partition coefficient (Wildman–Crippen LogP) is -1.41. The fraction of sp³-hybridized carbons (Fsp3) is 0.400. The van der Waals surface area contributed by atoms with Crippen molar-refractivity contribution in [2.24, 2.45) is 10.7 Å². The summed E-state index contributed by atoms with van der Waals surface area (Å²) in [5.74, 6) is -1.98. The number of nitrogens with two attached hydrogens (primary N) is 1. The molecule has 0 rings (SSSR count).